The van der Waals surface area contributed by atoms with Crippen LogP contribution in [-0.2, 0) is 4.79 Å². The molecular weight excluding hydrogens is 150 g/mol. The minimum Gasteiger partial charge on any atom is -0.326 e. The zero-order valence-corrected chi connectivity index (χ0v) is 7.00. The molecule has 1 N–H and O–H groups in total. The first-order chi connectivity index (χ1) is 5.75. The van der Waals surface area contributed by atoms with Crippen molar-refractivity contribution < 1.29 is 6.22 Å². The van der Waals surface area contributed by atoms with Gasteiger partial charge in [0.1, 0.15) is 0 Å². The lowest BCUT2D eigenvalue weighted by molar-refractivity contribution is -0.118. The normalized spacial score (nSPS) is 27.1. The van der Waals surface area contributed by atoms with Gasteiger partial charge in [-0.05, 0) is 17.6 Å². The molecule has 2 nitrogen and oxygen atoms in total. The lowest BCUT2D eigenvalue weighted by Gasteiger charge is -1.98. The van der Waals surface area contributed by atoms with E-state index in [1.54, 1.807) is 0 Å². The van der Waals surface area contributed by atoms with E-state index in [0.717, 1.165) is 11.3 Å². The molecule has 1 unspecified atom stereocenters. The number of fused-ring (bicyclic) bond motifs is 1. The van der Waals surface area contributed by atoms with E-state index < -0.39 is 0 Å². The van der Waals surface area contributed by atoms with Gasteiger partial charge in [-0.3, -0.25) is 4.79 Å². The number of hydrogen-bond acceptors (Lipinski definition) is 1. The maximum Gasteiger partial charge on any atom is 0.228 e. The molecular formula is C10H13NO. The fourth-order valence-corrected chi connectivity index (χ4v) is 1.54. The highest BCUT2D eigenvalue weighted by molar-refractivity contribution is 5.87. The molecule has 0 saturated carbocycles. The molecule has 1 aliphatic heterocycles. The van der Waals surface area contributed by atoms with Crippen LogP contribution >= 0.6 is 0 Å². The van der Waals surface area contributed by atoms with Crippen LogP contribution in [0.3, 0.4) is 0 Å². The standard InChI is InChI=1S/C10H11NO.H2/c1-7-3-2-4-9-8(5-7)6-10(12)11-9;/h2-5,7H,6H2,1H3,(H,11,12);1H. The van der Waals surface area contributed by atoms with Gasteiger partial charge in [-0.2, -0.15) is 0 Å². The molecule has 0 spiro atoms. The average Bonchev–Trinajstić information content (AvgIpc) is 2.23. The van der Waals surface area contributed by atoms with E-state index in [0.29, 0.717) is 12.3 Å². The number of nitrogens with one attached hydrogen (secondary N) is 1. The summed E-state index contributed by atoms with van der Waals surface area (Å²) in [6.45, 7) is 2.11. The first-order valence-electron chi connectivity index (χ1n) is 4.15. The van der Waals surface area contributed by atoms with Gasteiger partial charge in [-0.25, -0.2) is 0 Å². The number of allylic oxidation sites excluding steroid dienone is 5. The van der Waals surface area contributed by atoms with Crippen molar-refractivity contribution in [1.29, 1.82) is 0 Å². The maximum atomic E-state index is 11.0. The summed E-state index contributed by atoms with van der Waals surface area (Å²) in [6, 6.07) is 0. The number of amides is 1. The van der Waals surface area contributed by atoms with Crippen LogP contribution in [0.25, 0.3) is 0 Å². The summed E-state index contributed by atoms with van der Waals surface area (Å²) in [4.78, 5) is 11.0. The Morgan fingerprint density at radius 1 is 1.67 bits per heavy atom. The molecule has 1 heterocycles. The summed E-state index contributed by atoms with van der Waals surface area (Å²) >= 11 is 0. The fraction of sp³-hybridized carbons (Fsp3) is 0.300. The van der Waals surface area contributed by atoms with Crippen molar-refractivity contribution >= 4 is 5.91 Å². The Labute approximate surface area is 73.1 Å². The first kappa shape index (κ1) is 7.35. The SMILES string of the molecule is CC1C=CC=C2NC(=O)CC2=C1.[HH]. The third kappa shape index (κ3) is 1.20. The quantitative estimate of drug-likeness (QED) is 0.579. The summed E-state index contributed by atoms with van der Waals surface area (Å²) in [5.41, 5.74) is 2.11. The van der Waals surface area contributed by atoms with Gasteiger partial charge in [0, 0.05) is 7.12 Å². The molecule has 2 aliphatic rings. The molecule has 0 aromatic carbocycles. The van der Waals surface area contributed by atoms with Crippen LogP contribution < -0.4 is 5.32 Å². The highest BCUT2D eigenvalue weighted by Gasteiger charge is 2.20. The van der Waals surface area contributed by atoms with Crippen molar-refractivity contribution in [3.05, 3.63) is 35.6 Å². The van der Waals surface area contributed by atoms with Crippen LogP contribution in [0.4, 0.5) is 0 Å². The lowest BCUT2D eigenvalue weighted by Crippen LogP contribution is -2.11. The molecule has 0 bridgehead atoms. The number of rotatable bonds is 0. The first-order valence-corrected chi connectivity index (χ1v) is 4.15. The van der Waals surface area contributed by atoms with Crippen LogP contribution in [0, 0.1) is 5.92 Å². The van der Waals surface area contributed by atoms with Crippen LogP contribution in [0.15, 0.2) is 35.6 Å². The largest absolute Gasteiger partial charge is 0.326 e. The Kier molecular flexibility index (Phi) is 1.61. The van der Waals surface area contributed by atoms with Gasteiger partial charge in [-0.1, -0.05) is 25.2 Å². The van der Waals surface area contributed by atoms with E-state index in [1.807, 2.05) is 12.2 Å². The van der Waals surface area contributed by atoms with Crippen molar-refractivity contribution in [2.45, 2.75) is 13.3 Å². The van der Waals surface area contributed by atoms with Crippen molar-refractivity contribution in [3.63, 3.8) is 0 Å². The number of carbonyl (C=O) groups excluding carboxylic acids is 1. The van der Waals surface area contributed by atoms with Crippen LogP contribution in [0.1, 0.15) is 14.8 Å². The second-order valence-electron chi connectivity index (χ2n) is 3.24. The van der Waals surface area contributed by atoms with Crippen molar-refractivity contribution in [2.24, 2.45) is 5.92 Å². The molecule has 0 radical (unpaired) electrons. The predicted molar refractivity (Wildman–Crippen MR) is 49.3 cm³/mol. The molecule has 64 valence electrons. The topological polar surface area (TPSA) is 29.1 Å². The molecule has 1 fully saturated rings. The van der Waals surface area contributed by atoms with Gasteiger partial charge in [0.15, 0.2) is 0 Å². The van der Waals surface area contributed by atoms with Gasteiger partial charge >= 0.3 is 0 Å². The average molecular weight is 163 g/mol. The number of hydrogen-bond donors (Lipinski definition) is 1. The number of carbonyl (C=O) groups is 1. The van der Waals surface area contributed by atoms with Gasteiger partial charge in [-0.15, -0.1) is 0 Å². The highest BCUT2D eigenvalue weighted by Crippen LogP contribution is 2.23. The monoisotopic (exact) mass is 163 g/mol. The van der Waals surface area contributed by atoms with Gasteiger partial charge in [0.25, 0.3) is 0 Å². The predicted octanol–water partition coefficient (Wildman–Crippen LogP) is 1.77. The van der Waals surface area contributed by atoms with Gasteiger partial charge < -0.3 is 5.32 Å². The summed E-state index contributed by atoms with van der Waals surface area (Å²) in [7, 11) is 0. The fourth-order valence-electron chi connectivity index (χ4n) is 1.54. The zero-order chi connectivity index (χ0) is 8.55. The summed E-state index contributed by atoms with van der Waals surface area (Å²) in [5, 5.41) is 2.82. The Morgan fingerprint density at radius 2 is 2.50 bits per heavy atom. The lowest BCUT2D eigenvalue weighted by atomic mass is 10.1. The van der Waals surface area contributed by atoms with Crippen LogP contribution in [-0.4, -0.2) is 5.91 Å². The van der Waals surface area contributed by atoms with Crippen LogP contribution in [0.5, 0.6) is 0 Å². The van der Waals surface area contributed by atoms with Gasteiger partial charge in [0.2, 0.25) is 5.91 Å². The molecule has 0 aromatic heterocycles. The Morgan fingerprint density at radius 3 is 3.33 bits per heavy atom. The molecule has 1 amide bonds. The molecule has 0 aromatic rings. The van der Waals surface area contributed by atoms with Gasteiger partial charge in [0.05, 0.1) is 6.42 Å². The van der Waals surface area contributed by atoms with E-state index in [1.165, 1.54) is 0 Å². The molecule has 2 rings (SSSR count). The minimum atomic E-state index is 0. The van der Waals surface area contributed by atoms with Crippen molar-refractivity contribution in [3.8, 4) is 0 Å². The molecule has 1 atom stereocenters. The second kappa shape index (κ2) is 2.63. The summed E-state index contributed by atoms with van der Waals surface area (Å²) in [5.74, 6) is 0.538. The molecule has 1 saturated heterocycles. The minimum absolute atomic E-state index is 0. The van der Waals surface area contributed by atoms with Crippen molar-refractivity contribution in [1.82, 2.24) is 5.32 Å². The van der Waals surface area contributed by atoms with E-state index >= 15 is 0 Å². The van der Waals surface area contributed by atoms with Crippen molar-refractivity contribution in [2.75, 3.05) is 0 Å². The third-order valence-electron chi connectivity index (χ3n) is 2.11. The summed E-state index contributed by atoms with van der Waals surface area (Å²) < 4.78 is 0. The Hall–Kier alpha value is -1.31. The second-order valence-corrected chi connectivity index (χ2v) is 3.24. The van der Waals surface area contributed by atoms with E-state index in [-0.39, 0.29) is 7.33 Å². The Bertz CT molecular complexity index is 315. The Balaban J connectivity index is 0.000000845. The van der Waals surface area contributed by atoms with E-state index in [9.17, 15) is 4.79 Å². The van der Waals surface area contributed by atoms with E-state index in [2.05, 4.69) is 24.4 Å². The maximum absolute atomic E-state index is 11.0. The van der Waals surface area contributed by atoms with Crippen LogP contribution in [0.2, 0.25) is 0 Å². The molecule has 12 heavy (non-hydrogen) atoms. The molecule has 2 heteroatoms. The molecule has 1 aliphatic carbocycles. The third-order valence-corrected chi connectivity index (χ3v) is 2.11. The smallest absolute Gasteiger partial charge is 0.228 e. The zero-order valence-electron chi connectivity index (χ0n) is 7.00. The summed E-state index contributed by atoms with van der Waals surface area (Å²) in [6.07, 6.45) is 8.74. The van der Waals surface area contributed by atoms with E-state index in [4.69, 9.17) is 0 Å². The highest BCUT2D eigenvalue weighted by atomic mass is 16.1.